The molecule has 6 nitrogen and oxygen atoms in total. The lowest BCUT2D eigenvalue weighted by Gasteiger charge is -2.06. The van der Waals surface area contributed by atoms with E-state index in [-0.39, 0.29) is 0 Å². The van der Waals surface area contributed by atoms with Crippen LogP contribution in [0, 0.1) is 0 Å². The van der Waals surface area contributed by atoms with Gasteiger partial charge in [-0.25, -0.2) is 9.59 Å². The van der Waals surface area contributed by atoms with Gasteiger partial charge < -0.3 is 20.9 Å². The Kier molecular flexibility index (Phi) is 5.21. The summed E-state index contributed by atoms with van der Waals surface area (Å²) in [5, 5.41) is 0. The molecule has 4 N–H and O–H groups in total. The fraction of sp³-hybridized carbons (Fsp3) is 0.111. The number of carbonyl (C=O) groups excluding carboxylic acids is 2. The van der Waals surface area contributed by atoms with Gasteiger partial charge in [-0.15, -0.1) is 0 Å². The summed E-state index contributed by atoms with van der Waals surface area (Å²) in [5.41, 5.74) is 15.0. The first-order valence-electron chi connectivity index (χ1n) is 7.10. The smallest absolute Gasteiger partial charge is 0.337 e. The number of hydrogen-bond donors (Lipinski definition) is 2. The summed E-state index contributed by atoms with van der Waals surface area (Å²) in [5.74, 6) is -0.889. The summed E-state index contributed by atoms with van der Waals surface area (Å²) < 4.78 is 9.30. The van der Waals surface area contributed by atoms with Crippen molar-refractivity contribution < 1.29 is 19.1 Å². The monoisotopic (exact) mass is 326 g/mol. The van der Waals surface area contributed by atoms with E-state index < -0.39 is 11.9 Å². The zero-order chi connectivity index (χ0) is 17.7. The van der Waals surface area contributed by atoms with E-state index in [0.717, 1.165) is 11.1 Å². The first-order valence-corrected chi connectivity index (χ1v) is 7.10. The van der Waals surface area contributed by atoms with Crippen LogP contribution in [0.1, 0.15) is 31.8 Å². The Morgan fingerprint density at radius 3 is 1.46 bits per heavy atom. The van der Waals surface area contributed by atoms with Crippen molar-refractivity contribution in [1.82, 2.24) is 0 Å². The number of benzene rings is 2. The molecule has 0 unspecified atom stereocenters. The zero-order valence-corrected chi connectivity index (χ0v) is 13.4. The number of carbonyl (C=O) groups is 2. The molecule has 0 bridgehead atoms. The molecule has 0 saturated carbocycles. The Hall–Kier alpha value is -3.28. The predicted octanol–water partition coefficient (Wildman–Crippen LogP) is 2.59. The molecule has 0 amide bonds. The highest BCUT2D eigenvalue weighted by Crippen LogP contribution is 2.21. The first kappa shape index (κ1) is 17.1. The van der Waals surface area contributed by atoms with Gasteiger partial charge in [0.25, 0.3) is 0 Å². The Labute approximate surface area is 139 Å². The highest BCUT2D eigenvalue weighted by atomic mass is 16.5. The van der Waals surface area contributed by atoms with Crippen LogP contribution in [-0.2, 0) is 9.47 Å². The lowest BCUT2D eigenvalue weighted by Crippen LogP contribution is -2.03. The van der Waals surface area contributed by atoms with Crippen LogP contribution in [0.5, 0.6) is 0 Å². The third kappa shape index (κ3) is 3.73. The summed E-state index contributed by atoms with van der Waals surface area (Å²) in [6.45, 7) is 0. The number of anilines is 2. The number of esters is 2. The quantitative estimate of drug-likeness (QED) is 0.508. The van der Waals surface area contributed by atoms with Gasteiger partial charge >= 0.3 is 11.9 Å². The van der Waals surface area contributed by atoms with Gasteiger partial charge in [-0.2, -0.15) is 0 Å². The van der Waals surface area contributed by atoms with E-state index in [2.05, 4.69) is 9.47 Å². The van der Waals surface area contributed by atoms with Crippen LogP contribution in [0.4, 0.5) is 11.4 Å². The van der Waals surface area contributed by atoms with Crippen molar-refractivity contribution in [3.8, 4) is 0 Å². The van der Waals surface area contributed by atoms with Crippen LogP contribution in [0.3, 0.4) is 0 Å². The summed E-state index contributed by atoms with van der Waals surface area (Å²) in [6.07, 6.45) is 3.56. The maximum Gasteiger partial charge on any atom is 0.337 e. The Morgan fingerprint density at radius 2 is 1.17 bits per heavy atom. The maximum absolute atomic E-state index is 11.5. The van der Waals surface area contributed by atoms with Gasteiger partial charge in [0, 0.05) is 11.4 Å². The van der Waals surface area contributed by atoms with Crippen molar-refractivity contribution in [2.75, 3.05) is 25.7 Å². The summed E-state index contributed by atoms with van der Waals surface area (Å²) in [6, 6.07) is 9.80. The van der Waals surface area contributed by atoms with Gasteiger partial charge in [-0.1, -0.05) is 24.3 Å². The van der Waals surface area contributed by atoms with Gasteiger partial charge in [-0.05, 0) is 35.4 Å². The molecule has 0 aliphatic heterocycles. The molecule has 2 aromatic rings. The van der Waals surface area contributed by atoms with Crippen LogP contribution < -0.4 is 11.5 Å². The number of nitrogens with two attached hydrogens (primary N) is 2. The predicted molar refractivity (Wildman–Crippen MR) is 93.3 cm³/mol. The second-order valence-electron chi connectivity index (χ2n) is 5.00. The minimum Gasteiger partial charge on any atom is -0.465 e. The van der Waals surface area contributed by atoms with Crippen molar-refractivity contribution in [2.45, 2.75) is 0 Å². The van der Waals surface area contributed by atoms with Crippen molar-refractivity contribution in [3.63, 3.8) is 0 Å². The SMILES string of the molecule is COC(=O)c1ccc(/C=C/c2ccc(C(=O)OC)cc2N)c(N)c1. The normalized spacial score (nSPS) is 10.6. The highest BCUT2D eigenvalue weighted by Gasteiger charge is 2.08. The van der Waals surface area contributed by atoms with Gasteiger partial charge in [0.2, 0.25) is 0 Å². The fourth-order valence-corrected chi connectivity index (χ4v) is 2.12. The molecular weight excluding hydrogens is 308 g/mol. The highest BCUT2D eigenvalue weighted by molar-refractivity contribution is 5.93. The molecule has 0 heterocycles. The lowest BCUT2D eigenvalue weighted by atomic mass is 10.1. The largest absolute Gasteiger partial charge is 0.465 e. The minimum absolute atomic E-state index is 0.383. The van der Waals surface area contributed by atoms with Gasteiger partial charge in [0.1, 0.15) is 0 Å². The molecular formula is C18H18N2O4. The van der Waals surface area contributed by atoms with Crippen LogP contribution in [0.15, 0.2) is 36.4 Å². The molecule has 124 valence electrons. The number of nitrogen functional groups attached to an aromatic ring is 2. The van der Waals surface area contributed by atoms with E-state index >= 15 is 0 Å². The molecule has 2 aromatic carbocycles. The van der Waals surface area contributed by atoms with Crippen LogP contribution >= 0.6 is 0 Å². The Morgan fingerprint density at radius 1 is 0.792 bits per heavy atom. The maximum atomic E-state index is 11.5. The lowest BCUT2D eigenvalue weighted by molar-refractivity contribution is 0.0592. The van der Waals surface area contributed by atoms with Gasteiger partial charge in [0.15, 0.2) is 0 Å². The van der Waals surface area contributed by atoms with E-state index in [1.165, 1.54) is 14.2 Å². The Bertz CT molecular complexity index is 745. The second kappa shape index (κ2) is 7.32. The number of methoxy groups -OCH3 is 2. The van der Waals surface area contributed by atoms with Crippen LogP contribution in [0.2, 0.25) is 0 Å². The molecule has 0 aliphatic rings. The van der Waals surface area contributed by atoms with Crippen molar-refractivity contribution in [3.05, 3.63) is 58.7 Å². The van der Waals surface area contributed by atoms with E-state index in [9.17, 15) is 9.59 Å². The van der Waals surface area contributed by atoms with Crippen LogP contribution in [-0.4, -0.2) is 26.2 Å². The van der Waals surface area contributed by atoms with Gasteiger partial charge in [-0.3, -0.25) is 0 Å². The zero-order valence-electron chi connectivity index (χ0n) is 13.4. The number of hydrogen-bond acceptors (Lipinski definition) is 6. The van der Waals surface area contributed by atoms with E-state index in [0.29, 0.717) is 22.5 Å². The second-order valence-corrected chi connectivity index (χ2v) is 5.00. The van der Waals surface area contributed by atoms with Crippen LogP contribution in [0.25, 0.3) is 12.2 Å². The first-order chi connectivity index (χ1) is 11.5. The molecule has 6 heteroatoms. The third-order valence-corrected chi connectivity index (χ3v) is 3.46. The topological polar surface area (TPSA) is 105 Å². The van der Waals surface area contributed by atoms with Crippen molar-refractivity contribution in [2.24, 2.45) is 0 Å². The number of ether oxygens (including phenoxy) is 2. The summed E-state index contributed by atoms with van der Waals surface area (Å²) in [7, 11) is 2.63. The summed E-state index contributed by atoms with van der Waals surface area (Å²) in [4.78, 5) is 22.9. The van der Waals surface area contributed by atoms with E-state index in [4.69, 9.17) is 11.5 Å². The van der Waals surface area contributed by atoms with E-state index in [1.807, 2.05) is 0 Å². The van der Waals surface area contributed by atoms with Gasteiger partial charge in [0.05, 0.1) is 25.3 Å². The fourth-order valence-electron chi connectivity index (χ4n) is 2.12. The number of rotatable bonds is 4. The molecule has 0 radical (unpaired) electrons. The molecule has 0 saturated heterocycles. The Balaban J connectivity index is 2.25. The average Bonchev–Trinajstić information content (AvgIpc) is 2.60. The molecule has 0 fully saturated rings. The third-order valence-electron chi connectivity index (χ3n) is 3.46. The van der Waals surface area contributed by atoms with Crippen molar-refractivity contribution >= 4 is 35.5 Å². The standard InChI is InChI=1S/C18H18N2O4/c1-23-17(21)13-7-5-11(15(19)9-13)3-4-12-6-8-14(10-16(12)20)18(22)24-2/h3-10H,19-20H2,1-2H3/b4-3+. The molecule has 0 atom stereocenters. The van der Waals surface area contributed by atoms with E-state index in [1.54, 1.807) is 48.6 Å². The molecule has 0 spiro atoms. The van der Waals surface area contributed by atoms with Crippen molar-refractivity contribution in [1.29, 1.82) is 0 Å². The minimum atomic E-state index is -0.445. The summed E-state index contributed by atoms with van der Waals surface area (Å²) >= 11 is 0. The molecule has 24 heavy (non-hydrogen) atoms. The average molecular weight is 326 g/mol. The molecule has 0 aliphatic carbocycles. The molecule has 2 rings (SSSR count). The molecule has 0 aromatic heterocycles.